The molecule has 0 heterocycles. The standard InChI is InChI=1S/C12H14F2O2/c1-8(4-9(6-15)7-16)11-3-2-10(13)5-12(11)14/h2-3,5,9,15-16H,1,4,6-7H2. The first kappa shape index (κ1) is 12.8. The molecule has 1 aromatic carbocycles. The van der Waals surface area contributed by atoms with Crippen molar-refractivity contribution >= 4 is 5.57 Å². The van der Waals surface area contributed by atoms with Gasteiger partial charge in [0.1, 0.15) is 11.6 Å². The van der Waals surface area contributed by atoms with Crippen molar-refractivity contribution in [2.45, 2.75) is 6.42 Å². The van der Waals surface area contributed by atoms with E-state index in [0.29, 0.717) is 5.57 Å². The van der Waals surface area contributed by atoms with Gasteiger partial charge >= 0.3 is 0 Å². The smallest absolute Gasteiger partial charge is 0.133 e. The number of aliphatic hydroxyl groups is 2. The highest BCUT2D eigenvalue weighted by atomic mass is 19.1. The Hall–Kier alpha value is -1.26. The number of benzene rings is 1. The minimum atomic E-state index is -0.681. The summed E-state index contributed by atoms with van der Waals surface area (Å²) in [6, 6.07) is 3.24. The molecule has 0 radical (unpaired) electrons. The van der Waals surface area contributed by atoms with E-state index < -0.39 is 11.6 Å². The van der Waals surface area contributed by atoms with Gasteiger partial charge < -0.3 is 10.2 Å². The highest BCUT2D eigenvalue weighted by Gasteiger charge is 2.12. The molecular formula is C12H14F2O2. The Morgan fingerprint density at radius 1 is 1.25 bits per heavy atom. The predicted octanol–water partition coefficient (Wildman–Crippen LogP) is 1.97. The normalized spacial score (nSPS) is 10.8. The summed E-state index contributed by atoms with van der Waals surface area (Å²) in [5.41, 5.74) is 0.652. The maximum atomic E-state index is 13.3. The Morgan fingerprint density at radius 2 is 1.88 bits per heavy atom. The van der Waals surface area contributed by atoms with Crippen LogP contribution in [0.1, 0.15) is 12.0 Å². The fourth-order valence-electron chi connectivity index (χ4n) is 1.42. The van der Waals surface area contributed by atoms with Crippen LogP contribution in [0.25, 0.3) is 5.57 Å². The van der Waals surface area contributed by atoms with Crippen molar-refractivity contribution in [1.29, 1.82) is 0 Å². The van der Waals surface area contributed by atoms with Gasteiger partial charge in [-0.05, 0) is 24.1 Å². The van der Waals surface area contributed by atoms with Crippen molar-refractivity contribution in [2.24, 2.45) is 5.92 Å². The van der Waals surface area contributed by atoms with Gasteiger partial charge in [-0.15, -0.1) is 0 Å². The molecule has 88 valence electrons. The molecule has 0 saturated carbocycles. The van der Waals surface area contributed by atoms with Gasteiger partial charge in [0.2, 0.25) is 0 Å². The van der Waals surface area contributed by atoms with Crippen molar-refractivity contribution in [3.63, 3.8) is 0 Å². The highest BCUT2D eigenvalue weighted by molar-refractivity contribution is 5.63. The van der Waals surface area contributed by atoms with E-state index in [9.17, 15) is 8.78 Å². The lowest BCUT2D eigenvalue weighted by molar-refractivity contribution is 0.153. The molecule has 2 nitrogen and oxygen atoms in total. The lowest BCUT2D eigenvalue weighted by atomic mass is 9.96. The van der Waals surface area contributed by atoms with Crippen LogP contribution in [0.5, 0.6) is 0 Å². The van der Waals surface area contributed by atoms with Gasteiger partial charge in [0.25, 0.3) is 0 Å². The second-order valence-electron chi connectivity index (χ2n) is 3.66. The van der Waals surface area contributed by atoms with E-state index in [1.54, 1.807) is 0 Å². The molecule has 0 unspecified atom stereocenters. The van der Waals surface area contributed by atoms with E-state index in [2.05, 4.69) is 6.58 Å². The number of rotatable bonds is 5. The first-order valence-electron chi connectivity index (χ1n) is 4.93. The van der Waals surface area contributed by atoms with Crippen LogP contribution in [0.3, 0.4) is 0 Å². The van der Waals surface area contributed by atoms with E-state index in [-0.39, 0.29) is 31.1 Å². The molecule has 0 aliphatic carbocycles. The van der Waals surface area contributed by atoms with Gasteiger partial charge in [-0.2, -0.15) is 0 Å². The second-order valence-corrected chi connectivity index (χ2v) is 3.66. The van der Waals surface area contributed by atoms with Gasteiger partial charge in [0, 0.05) is 30.8 Å². The summed E-state index contributed by atoms with van der Waals surface area (Å²) in [7, 11) is 0. The molecule has 0 aromatic heterocycles. The van der Waals surface area contributed by atoms with E-state index in [0.717, 1.165) is 12.1 Å². The first-order chi connectivity index (χ1) is 7.58. The van der Waals surface area contributed by atoms with Crippen LogP contribution >= 0.6 is 0 Å². The lowest BCUT2D eigenvalue weighted by Crippen LogP contribution is -2.11. The van der Waals surface area contributed by atoms with Crippen molar-refractivity contribution in [3.05, 3.63) is 42.0 Å². The third kappa shape index (κ3) is 3.12. The minimum Gasteiger partial charge on any atom is -0.396 e. The monoisotopic (exact) mass is 228 g/mol. The fourth-order valence-corrected chi connectivity index (χ4v) is 1.42. The third-order valence-electron chi connectivity index (χ3n) is 2.36. The van der Waals surface area contributed by atoms with Crippen LogP contribution in [0.4, 0.5) is 8.78 Å². The van der Waals surface area contributed by atoms with Gasteiger partial charge in [-0.3, -0.25) is 0 Å². The number of allylic oxidation sites excluding steroid dienone is 1. The van der Waals surface area contributed by atoms with E-state index in [1.807, 2.05) is 0 Å². The Balaban J connectivity index is 2.80. The van der Waals surface area contributed by atoms with Gasteiger partial charge in [-0.1, -0.05) is 6.58 Å². The summed E-state index contributed by atoms with van der Waals surface area (Å²) in [6.07, 6.45) is 0.273. The lowest BCUT2D eigenvalue weighted by Gasteiger charge is -2.13. The maximum Gasteiger partial charge on any atom is 0.133 e. The van der Waals surface area contributed by atoms with Gasteiger partial charge in [0.05, 0.1) is 0 Å². The van der Waals surface area contributed by atoms with Gasteiger partial charge in [-0.25, -0.2) is 8.78 Å². The summed E-state index contributed by atoms with van der Waals surface area (Å²) in [5.74, 6) is -1.69. The summed E-state index contributed by atoms with van der Waals surface area (Å²) in [4.78, 5) is 0. The quantitative estimate of drug-likeness (QED) is 0.808. The van der Waals surface area contributed by atoms with Crippen molar-refractivity contribution in [3.8, 4) is 0 Å². The first-order valence-corrected chi connectivity index (χ1v) is 4.93. The van der Waals surface area contributed by atoms with E-state index >= 15 is 0 Å². The second kappa shape index (κ2) is 5.72. The minimum absolute atomic E-state index is 0.196. The zero-order valence-corrected chi connectivity index (χ0v) is 8.79. The molecule has 1 rings (SSSR count). The number of aliphatic hydroxyl groups excluding tert-OH is 2. The SMILES string of the molecule is C=C(CC(CO)CO)c1ccc(F)cc1F. The fraction of sp³-hybridized carbons (Fsp3) is 0.333. The summed E-state index contributed by atoms with van der Waals surface area (Å²) in [5, 5.41) is 17.8. The third-order valence-corrected chi connectivity index (χ3v) is 2.36. The molecule has 0 atom stereocenters. The molecular weight excluding hydrogens is 214 g/mol. The summed E-state index contributed by atoms with van der Waals surface area (Å²) in [6.45, 7) is 3.27. The predicted molar refractivity (Wildman–Crippen MR) is 57.7 cm³/mol. The molecule has 2 N–H and O–H groups in total. The van der Waals surface area contributed by atoms with Crippen LogP contribution in [-0.2, 0) is 0 Å². The molecule has 16 heavy (non-hydrogen) atoms. The van der Waals surface area contributed by atoms with Gasteiger partial charge in [0.15, 0.2) is 0 Å². The average molecular weight is 228 g/mol. The molecule has 0 spiro atoms. The molecule has 4 heteroatoms. The summed E-state index contributed by atoms with van der Waals surface area (Å²) < 4.78 is 26.0. The molecule has 0 aliphatic heterocycles. The van der Waals surface area contributed by atoms with Crippen molar-refractivity contribution in [1.82, 2.24) is 0 Å². The molecule has 0 fully saturated rings. The van der Waals surface area contributed by atoms with E-state index in [1.165, 1.54) is 6.07 Å². The van der Waals surface area contributed by atoms with Crippen molar-refractivity contribution in [2.75, 3.05) is 13.2 Å². The Morgan fingerprint density at radius 3 is 2.38 bits per heavy atom. The molecule has 1 aromatic rings. The zero-order chi connectivity index (χ0) is 12.1. The van der Waals surface area contributed by atoms with Crippen LogP contribution in [0, 0.1) is 17.6 Å². The van der Waals surface area contributed by atoms with Crippen LogP contribution in [0.15, 0.2) is 24.8 Å². The Labute approximate surface area is 92.9 Å². The summed E-state index contributed by atoms with van der Waals surface area (Å²) >= 11 is 0. The molecule has 0 saturated heterocycles. The molecule has 0 bridgehead atoms. The van der Waals surface area contributed by atoms with Crippen LogP contribution in [-0.4, -0.2) is 23.4 Å². The molecule has 0 amide bonds. The number of hydrogen-bond acceptors (Lipinski definition) is 2. The van der Waals surface area contributed by atoms with Crippen LogP contribution in [0.2, 0.25) is 0 Å². The average Bonchev–Trinajstić information content (AvgIpc) is 2.25. The number of halogens is 2. The highest BCUT2D eigenvalue weighted by Crippen LogP contribution is 2.23. The van der Waals surface area contributed by atoms with Crippen molar-refractivity contribution < 1.29 is 19.0 Å². The number of hydrogen-bond donors (Lipinski definition) is 2. The van der Waals surface area contributed by atoms with E-state index in [4.69, 9.17) is 10.2 Å². The molecule has 0 aliphatic rings. The maximum absolute atomic E-state index is 13.3. The Kier molecular flexibility index (Phi) is 4.58. The zero-order valence-electron chi connectivity index (χ0n) is 8.79. The Bertz CT molecular complexity index is 373. The van der Waals surface area contributed by atoms with Crippen LogP contribution < -0.4 is 0 Å². The topological polar surface area (TPSA) is 40.5 Å². The largest absolute Gasteiger partial charge is 0.396 e.